The third-order valence-corrected chi connectivity index (χ3v) is 6.36. The summed E-state index contributed by atoms with van der Waals surface area (Å²) in [5.41, 5.74) is 1.91. The maximum Gasteiger partial charge on any atom is 0.233 e. The lowest BCUT2D eigenvalue weighted by atomic mass is 10.0. The Kier molecular flexibility index (Phi) is 6.38. The molecule has 1 aliphatic heterocycles. The summed E-state index contributed by atoms with van der Waals surface area (Å²) in [4.78, 5) is 14.8. The molecule has 1 unspecified atom stereocenters. The van der Waals surface area contributed by atoms with Gasteiger partial charge in [-0.3, -0.25) is 9.36 Å². The normalized spacial score (nSPS) is 16.5. The molecule has 0 aliphatic carbocycles. The lowest BCUT2D eigenvalue weighted by Crippen LogP contribution is -2.42. The van der Waals surface area contributed by atoms with Gasteiger partial charge in [0.25, 0.3) is 0 Å². The average molecular weight is 423 g/mol. The van der Waals surface area contributed by atoms with E-state index >= 15 is 0 Å². The predicted molar refractivity (Wildman–Crippen MR) is 119 cm³/mol. The highest BCUT2D eigenvalue weighted by atomic mass is 32.2. The number of ether oxygens (including phenoxy) is 1. The number of hydrogen-bond acceptors (Lipinski definition) is 5. The molecule has 7 heteroatoms. The number of aromatic nitrogens is 3. The smallest absolute Gasteiger partial charge is 0.233 e. The van der Waals surface area contributed by atoms with Crippen LogP contribution in [0, 0.1) is 0 Å². The minimum Gasteiger partial charge on any atom is -0.497 e. The molecule has 1 amide bonds. The Hall–Kier alpha value is -2.80. The number of hydrogen-bond donors (Lipinski definition) is 0. The maximum absolute atomic E-state index is 12.8. The molecule has 1 aliphatic rings. The van der Waals surface area contributed by atoms with Crippen LogP contribution in [-0.4, -0.2) is 51.0 Å². The summed E-state index contributed by atoms with van der Waals surface area (Å²) in [6, 6.07) is 18.1. The lowest BCUT2D eigenvalue weighted by molar-refractivity contribution is -0.131. The third-order valence-electron chi connectivity index (χ3n) is 5.44. The van der Waals surface area contributed by atoms with Gasteiger partial charge in [0.1, 0.15) is 5.75 Å². The first-order chi connectivity index (χ1) is 14.7. The first-order valence-electron chi connectivity index (χ1n) is 10.2. The molecule has 2 heterocycles. The Morgan fingerprint density at radius 3 is 2.57 bits per heavy atom. The quantitative estimate of drug-likeness (QED) is 0.550. The number of carbonyl (C=O) groups is 1. The fourth-order valence-electron chi connectivity index (χ4n) is 3.78. The van der Waals surface area contributed by atoms with Crippen LogP contribution in [-0.2, 0) is 4.79 Å². The molecule has 1 fully saturated rings. The molecule has 1 aromatic heterocycles. The van der Waals surface area contributed by atoms with E-state index in [9.17, 15) is 4.79 Å². The summed E-state index contributed by atoms with van der Waals surface area (Å²) in [7, 11) is 1.65. The van der Waals surface area contributed by atoms with Crippen molar-refractivity contribution in [2.75, 3.05) is 19.4 Å². The van der Waals surface area contributed by atoms with Crippen LogP contribution in [0.25, 0.3) is 17.1 Å². The van der Waals surface area contributed by atoms with Crippen LogP contribution in [0.4, 0.5) is 0 Å². The van der Waals surface area contributed by atoms with E-state index in [1.165, 1.54) is 18.2 Å². The zero-order valence-corrected chi connectivity index (χ0v) is 18.1. The van der Waals surface area contributed by atoms with Gasteiger partial charge in [-0.1, -0.05) is 42.1 Å². The number of nitrogens with zero attached hydrogens (tertiary/aromatic N) is 4. The number of methoxy groups -OCH3 is 1. The monoisotopic (exact) mass is 422 g/mol. The van der Waals surface area contributed by atoms with Crippen molar-refractivity contribution in [2.45, 2.75) is 37.4 Å². The van der Waals surface area contributed by atoms with Gasteiger partial charge in [-0.25, -0.2) is 0 Å². The highest BCUT2D eigenvalue weighted by Crippen LogP contribution is 2.29. The van der Waals surface area contributed by atoms with E-state index in [4.69, 9.17) is 4.74 Å². The van der Waals surface area contributed by atoms with Crippen LogP contribution in [0.2, 0.25) is 0 Å². The largest absolute Gasteiger partial charge is 0.497 e. The third kappa shape index (κ3) is 4.36. The predicted octanol–water partition coefficient (Wildman–Crippen LogP) is 4.44. The lowest BCUT2D eigenvalue weighted by Gasteiger charge is -2.33. The van der Waals surface area contributed by atoms with Crippen LogP contribution in [0.3, 0.4) is 0 Å². The summed E-state index contributed by atoms with van der Waals surface area (Å²) in [6.45, 7) is 2.98. The van der Waals surface area contributed by atoms with Gasteiger partial charge in [-0.2, -0.15) is 0 Å². The Bertz CT molecular complexity index is 988. The highest BCUT2D eigenvalue weighted by molar-refractivity contribution is 7.99. The van der Waals surface area contributed by atoms with Gasteiger partial charge in [0.2, 0.25) is 5.91 Å². The fraction of sp³-hybridized carbons (Fsp3) is 0.348. The van der Waals surface area contributed by atoms with Gasteiger partial charge < -0.3 is 9.64 Å². The molecule has 1 atom stereocenters. The van der Waals surface area contributed by atoms with E-state index in [2.05, 4.69) is 17.1 Å². The number of likely N-dealkylation sites (tertiary alicyclic amines) is 1. The first-order valence-corrected chi connectivity index (χ1v) is 11.2. The first kappa shape index (κ1) is 20.5. The van der Waals surface area contributed by atoms with E-state index in [1.54, 1.807) is 7.11 Å². The minimum absolute atomic E-state index is 0.165. The number of thioether (sulfide) groups is 1. The number of amides is 1. The van der Waals surface area contributed by atoms with Crippen molar-refractivity contribution in [1.29, 1.82) is 0 Å². The molecule has 0 bridgehead atoms. The average Bonchev–Trinajstić information content (AvgIpc) is 3.22. The molecular formula is C23H26N4O2S. The SMILES string of the molecule is COc1ccc(-n2c(SCC(=O)N3CCCCC3C)nnc2-c2ccccc2)cc1. The second kappa shape index (κ2) is 9.34. The van der Waals surface area contributed by atoms with E-state index < -0.39 is 0 Å². The number of piperidine rings is 1. The van der Waals surface area contributed by atoms with E-state index in [1.807, 2.05) is 64.1 Å². The van der Waals surface area contributed by atoms with E-state index in [0.717, 1.165) is 42.2 Å². The summed E-state index contributed by atoms with van der Waals surface area (Å²) in [5.74, 6) is 2.06. The molecule has 156 valence electrons. The topological polar surface area (TPSA) is 60.2 Å². The number of rotatable bonds is 6. The van der Waals surface area contributed by atoms with Crippen molar-refractivity contribution in [2.24, 2.45) is 0 Å². The summed E-state index contributed by atoms with van der Waals surface area (Å²) in [5, 5.41) is 9.57. The van der Waals surface area contributed by atoms with Crippen molar-refractivity contribution < 1.29 is 9.53 Å². The molecule has 0 radical (unpaired) electrons. The van der Waals surface area contributed by atoms with E-state index in [-0.39, 0.29) is 5.91 Å². The van der Waals surface area contributed by atoms with Gasteiger partial charge in [-0.05, 0) is 50.5 Å². The highest BCUT2D eigenvalue weighted by Gasteiger charge is 2.24. The summed E-state index contributed by atoms with van der Waals surface area (Å²) >= 11 is 1.44. The Morgan fingerprint density at radius 2 is 1.87 bits per heavy atom. The van der Waals surface area contributed by atoms with Crippen molar-refractivity contribution in [3.8, 4) is 22.8 Å². The zero-order chi connectivity index (χ0) is 20.9. The Labute approximate surface area is 181 Å². The molecule has 0 spiro atoms. The van der Waals surface area contributed by atoms with Crippen LogP contribution in [0.15, 0.2) is 59.8 Å². The minimum atomic E-state index is 0.165. The molecule has 6 nitrogen and oxygen atoms in total. The van der Waals surface area contributed by atoms with Gasteiger partial charge in [0, 0.05) is 23.8 Å². The number of carbonyl (C=O) groups excluding carboxylic acids is 1. The van der Waals surface area contributed by atoms with Crippen molar-refractivity contribution in [3.63, 3.8) is 0 Å². The molecule has 0 N–H and O–H groups in total. The van der Waals surface area contributed by atoms with Crippen molar-refractivity contribution in [1.82, 2.24) is 19.7 Å². The molecular weight excluding hydrogens is 396 g/mol. The number of benzene rings is 2. The second-order valence-corrected chi connectivity index (χ2v) is 8.37. The van der Waals surface area contributed by atoms with Crippen LogP contribution < -0.4 is 4.74 Å². The van der Waals surface area contributed by atoms with Crippen LogP contribution in [0.5, 0.6) is 5.75 Å². The summed E-state index contributed by atoms with van der Waals surface area (Å²) < 4.78 is 7.30. The maximum atomic E-state index is 12.8. The standard InChI is InChI=1S/C23H26N4O2S/c1-17-8-6-7-15-26(17)21(28)16-30-23-25-24-22(18-9-4-3-5-10-18)27(23)19-11-13-20(29-2)14-12-19/h3-5,9-14,17H,6-8,15-16H2,1-2H3. The van der Waals surface area contributed by atoms with Crippen molar-refractivity contribution >= 4 is 17.7 Å². The fourth-order valence-corrected chi connectivity index (χ4v) is 4.62. The van der Waals surface area contributed by atoms with Gasteiger partial charge >= 0.3 is 0 Å². The van der Waals surface area contributed by atoms with E-state index in [0.29, 0.717) is 17.0 Å². The zero-order valence-electron chi connectivity index (χ0n) is 17.3. The van der Waals surface area contributed by atoms with Gasteiger partial charge in [0.15, 0.2) is 11.0 Å². The van der Waals surface area contributed by atoms with Crippen LogP contribution in [0.1, 0.15) is 26.2 Å². The molecule has 1 saturated heterocycles. The van der Waals surface area contributed by atoms with Crippen LogP contribution >= 0.6 is 11.8 Å². The van der Waals surface area contributed by atoms with Gasteiger partial charge in [-0.15, -0.1) is 10.2 Å². The molecule has 3 aromatic rings. The molecule has 30 heavy (non-hydrogen) atoms. The Morgan fingerprint density at radius 1 is 1.10 bits per heavy atom. The summed E-state index contributed by atoms with van der Waals surface area (Å²) in [6.07, 6.45) is 3.36. The second-order valence-electron chi connectivity index (χ2n) is 7.43. The molecule has 2 aromatic carbocycles. The van der Waals surface area contributed by atoms with Gasteiger partial charge in [0.05, 0.1) is 12.9 Å². The molecule has 4 rings (SSSR count). The molecule has 0 saturated carbocycles. The Balaban J connectivity index is 1.62. The van der Waals surface area contributed by atoms with Crippen molar-refractivity contribution in [3.05, 3.63) is 54.6 Å².